The van der Waals surface area contributed by atoms with E-state index in [1.807, 2.05) is 54.6 Å². The van der Waals surface area contributed by atoms with Crippen molar-refractivity contribution in [2.75, 3.05) is 0 Å². The van der Waals surface area contributed by atoms with Gasteiger partial charge in [-0.15, -0.1) is 0 Å². The van der Waals surface area contributed by atoms with E-state index >= 15 is 0 Å². The molecule has 0 aliphatic carbocycles. The molecule has 4 aromatic rings. The smallest absolute Gasteiger partial charge is 0.171 e. The maximum absolute atomic E-state index is 10.3. The summed E-state index contributed by atoms with van der Waals surface area (Å²) in [6.45, 7) is 0.413. The van der Waals surface area contributed by atoms with E-state index in [4.69, 9.17) is 26.5 Å². The van der Waals surface area contributed by atoms with Crippen LogP contribution in [0.2, 0.25) is 5.02 Å². The average molecular weight is 430 g/mol. The molecule has 0 saturated carbocycles. The summed E-state index contributed by atoms with van der Waals surface area (Å²) in [5.41, 5.74) is 4.87. The van der Waals surface area contributed by atoms with Crippen LogP contribution in [-0.2, 0) is 11.3 Å². The number of ether oxygens (including phenoxy) is 2. The molecule has 0 bridgehead atoms. The molecular weight excluding hydrogens is 412 g/mol. The van der Waals surface area contributed by atoms with Crippen LogP contribution in [0, 0.1) is 5.41 Å². The van der Waals surface area contributed by atoms with Gasteiger partial charge in [0.25, 0.3) is 0 Å². The van der Waals surface area contributed by atoms with Crippen LogP contribution in [0.1, 0.15) is 16.7 Å². The van der Waals surface area contributed by atoms with E-state index in [1.54, 1.807) is 24.5 Å². The van der Waals surface area contributed by atoms with Crippen LogP contribution in [-0.4, -0.2) is 22.3 Å². The van der Waals surface area contributed by atoms with Crippen LogP contribution >= 0.6 is 11.6 Å². The van der Waals surface area contributed by atoms with Gasteiger partial charge in [-0.25, -0.2) is 4.98 Å². The van der Waals surface area contributed by atoms with E-state index in [0.29, 0.717) is 34.9 Å². The minimum absolute atomic E-state index is 0.369. The lowest BCUT2D eigenvalue weighted by molar-refractivity contribution is 0.306. The minimum Gasteiger partial charge on any atom is -0.770 e. The van der Waals surface area contributed by atoms with Crippen molar-refractivity contribution < 1.29 is 9.47 Å². The number of rotatable bonds is 7. The van der Waals surface area contributed by atoms with Crippen LogP contribution in [0.5, 0.6) is 5.75 Å². The zero-order valence-electron chi connectivity index (χ0n) is 16.4. The summed E-state index contributed by atoms with van der Waals surface area (Å²) in [6, 6.07) is 20.4. The van der Waals surface area contributed by atoms with Gasteiger partial charge in [0.2, 0.25) is 0 Å². The molecule has 0 saturated heterocycles. The zero-order valence-corrected chi connectivity index (χ0v) is 17.1. The number of imidazole rings is 1. The third kappa shape index (κ3) is 4.99. The van der Waals surface area contributed by atoms with Gasteiger partial charge in [0.15, 0.2) is 6.40 Å². The summed E-state index contributed by atoms with van der Waals surface area (Å²) < 4.78 is 10.8. The van der Waals surface area contributed by atoms with Crippen molar-refractivity contribution >= 4 is 46.6 Å². The Bertz CT molecular complexity index is 1240. The van der Waals surface area contributed by atoms with Crippen molar-refractivity contribution in [3.63, 3.8) is 0 Å². The molecule has 0 aliphatic heterocycles. The number of benzene rings is 3. The van der Waals surface area contributed by atoms with E-state index < -0.39 is 0 Å². The molecule has 4 rings (SSSR count). The second kappa shape index (κ2) is 9.28. The molecule has 0 aliphatic rings. The molecule has 3 aromatic carbocycles. The number of nitrogens with zero attached hydrogens (tertiary/aromatic N) is 2. The lowest BCUT2D eigenvalue weighted by atomic mass is 10.0. The molecular formula is C24H18ClN4O2-. The van der Waals surface area contributed by atoms with E-state index in [-0.39, 0.29) is 5.90 Å². The van der Waals surface area contributed by atoms with Gasteiger partial charge in [-0.2, -0.15) is 0 Å². The summed E-state index contributed by atoms with van der Waals surface area (Å²) in [6.07, 6.45) is 4.10. The first-order valence-corrected chi connectivity index (χ1v) is 9.84. The molecule has 7 heteroatoms. The lowest BCUT2D eigenvalue weighted by Crippen LogP contribution is -2.04. The Morgan fingerprint density at radius 1 is 1.06 bits per heavy atom. The van der Waals surface area contributed by atoms with Gasteiger partial charge in [-0.05, 0) is 59.2 Å². The number of hydrogen-bond acceptors (Lipinski definition) is 4. The standard InChI is InChI=1S/C24H18ClN4O2/c25-19-6-1-16(2-7-19)11-21(24(27)31-14-26)18-4-8-20(9-5-18)30-13-17-3-10-22-23(12-17)29-15-28-22/h1-12,14-15,26H,13H2,(H,28,29)/q-1/b21-11+,26-14?. The Morgan fingerprint density at radius 2 is 1.84 bits per heavy atom. The van der Waals surface area contributed by atoms with Crippen molar-refractivity contribution in [1.82, 2.24) is 9.97 Å². The van der Waals surface area contributed by atoms with Crippen LogP contribution in [0.15, 0.2) is 73.1 Å². The largest absolute Gasteiger partial charge is 0.770 e. The summed E-state index contributed by atoms with van der Waals surface area (Å²) in [5.74, 6) is 0.318. The summed E-state index contributed by atoms with van der Waals surface area (Å²) >= 11 is 5.94. The van der Waals surface area contributed by atoms with Crippen molar-refractivity contribution in [3.05, 3.63) is 100 Å². The Labute approximate surface area is 184 Å². The number of fused-ring (bicyclic) bond motifs is 1. The summed E-state index contributed by atoms with van der Waals surface area (Å²) in [4.78, 5) is 7.30. The number of hydrogen-bond donors (Lipinski definition) is 2. The second-order valence-corrected chi connectivity index (χ2v) is 7.15. The highest BCUT2D eigenvalue weighted by atomic mass is 35.5. The number of aromatic amines is 1. The summed E-state index contributed by atoms with van der Waals surface area (Å²) in [7, 11) is 0. The first kappa shape index (κ1) is 20.4. The molecule has 0 unspecified atom stereocenters. The quantitative estimate of drug-likeness (QED) is 0.216. The SMILES string of the molecule is [N-]=C(OC=N)/C(=C/c1ccc(Cl)cc1)c1ccc(OCc2ccc3nc[nH]c3c2)cc1. The molecule has 0 radical (unpaired) electrons. The third-order valence-electron chi connectivity index (χ3n) is 4.64. The highest BCUT2D eigenvalue weighted by molar-refractivity contribution is 6.30. The van der Waals surface area contributed by atoms with E-state index in [1.165, 1.54) is 0 Å². The van der Waals surface area contributed by atoms with E-state index in [9.17, 15) is 5.41 Å². The first-order chi connectivity index (χ1) is 15.1. The molecule has 0 fully saturated rings. The molecule has 0 amide bonds. The molecule has 0 spiro atoms. The van der Waals surface area contributed by atoms with Crippen molar-refractivity contribution in [2.45, 2.75) is 6.61 Å². The topological polar surface area (TPSA) is 93.3 Å². The Balaban J connectivity index is 1.52. The highest BCUT2D eigenvalue weighted by Crippen LogP contribution is 2.24. The fourth-order valence-electron chi connectivity index (χ4n) is 3.08. The maximum Gasteiger partial charge on any atom is 0.171 e. The van der Waals surface area contributed by atoms with Crippen molar-refractivity contribution in [2.24, 2.45) is 0 Å². The third-order valence-corrected chi connectivity index (χ3v) is 4.89. The molecule has 154 valence electrons. The summed E-state index contributed by atoms with van der Waals surface area (Å²) in [5, 5.41) is 18.0. The van der Waals surface area contributed by atoms with Crippen molar-refractivity contribution in [1.29, 1.82) is 5.41 Å². The van der Waals surface area contributed by atoms with Gasteiger partial charge in [-0.3, -0.25) is 5.41 Å². The molecule has 2 N–H and O–H groups in total. The zero-order chi connectivity index (χ0) is 21.6. The normalized spacial score (nSPS) is 11.3. The second-order valence-electron chi connectivity index (χ2n) is 6.72. The molecule has 1 aromatic heterocycles. The average Bonchev–Trinajstić information content (AvgIpc) is 3.26. The maximum atomic E-state index is 10.3. The first-order valence-electron chi connectivity index (χ1n) is 9.47. The number of aromatic nitrogens is 2. The Morgan fingerprint density at radius 3 is 2.58 bits per heavy atom. The lowest BCUT2D eigenvalue weighted by Gasteiger charge is -2.16. The van der Waals surface area contributed by atoms with Crippen LogP contribution in [0.3, 0.4) is 0 Å². The van der Waals surface area contributed by atoms with Crippen LogP contribution in [0.4, 0.5) is 0 Å². The number of H-pyrrole nitrogens is 1. The fourth-order valence-corrected chi connectivity index (χ4v) is 3.21. The van der Waals surface area contributed by atoms with E-state index in [0.717, 1.165) is 22.2 Å². The number of nitrogens with one attached hydrogen (secondary N) is 2. The molecule has 6 nitrogen and oxygen atoms in total. The van der Waals surface area contributed by atoms with Gasteiger partial charge >= 0.3 is 0 Å². The Kier molecular flexibility index (Phi) is 6.10. The van der Waals surface area contributed by atoms with Gasteiger partial charge in [0.1, 0.15) is 12.4 Å². The molecule has 31 heavy (non-hydrogen) atoms. The van der Waals surface area contributed by atoms with Crippen LogP contribution in [0.25, 0.3) is 28.1 Å². The highest BCUT2D eigenvalue weighted by Gasteiger charge is 2.06. The Hall–Kier alpha value is -3.90. The molecule has 1 heterocycles. The van der Waals surface area contributed by atoms with Crippen molar-refractivity contribution in [3.8, 4) is 5.75 Å². The minimum atomic E-state index is -0.369. The predicted molar refractivity (Wildman–Crippen MR) is 124 cm³/mol. The molecule has 0 atom stereocenters. The van der Waals surface area contributed by atoms with Gasteiger partial charge in [-0.1, -0.05) is 41.9 Å². The predicted octanol–water partition coefficient (Wildman–Crippen LogP) is 5.93. The fraction of sp³-hybridized carbons (Fsp3) is 0.0417. The van der Waals surface area contributed by atoms with E-state index in [2.05, 4.69) is 9.97 Å². The monoisotopic (exact) mass is 429 g/mol. The van der Waals surface area contributed by atoms with Gasteiger partial charge < -0.3 is 19.9 Å². The number of halogens is 1. The van der Waals surface area contributed by atoms with Gasteiger partial charge in [0, 0.05) is 16.5 Å². The van der Waals surface area contributed by atoms with Gasteiger partial charge in [0.05, 0.1) is 17.4 Å². The van der Waals surface area contributed by atoms with Crippen LogP contribution < -0.4 is 4.74 Å².